The number of benzene rings is 1. The van der Waals surface area contributed by atoms with Gasteiger partial charge in [0.25, 0.3) is 5.91 Å². The molecule has 0 unspecified atom stereocenters. The molecule has 0 radical (unpaired) electrons. The summed E-state index contributed by atoms with van der Waals surface area (Å²) in [4.78, 5) is 23.9. The van der Waals surface area contributed by atoms with Crippen molar-refractivity contribution in [1.29, 1.82) is 0 Å². The van der Waals surface area contributed by atoms with Crippen LogP contribution in [0.1, 0.15) is 15.2 Å². The Labute approximate surface area is 134 Å². The van der Waals surface area contributed by atoms with E-state index in [1.165, 1.54) is 18.4 Å². The third-order valence-electron chi connectivity index (χ3n) is 2.63. The molecule has 0 saturated heterocycles. The van der Waals surface area contributed by atoms with Crippen molar-refractivity contribution in [1.82, 2.24) is 0 Å². The Morgan fingerprint density at radius 1 is 1.19 bits per heavy atom. The van der Waals surface area contributed by atoms with Gasteiger partial charge in [-0.1, -0.05) is 6.07 Å². The number of rotatable bonds is 3. The minimum Gasteiger partial charge on any atom is -0.453 e. The molecule has 2 amide bonds. The average molecular weight is 369 g/mol. The van der Waals surface area contributed by atoms with Gasteiger partial charge in [-0.15, -0.1) is 11.3 Å². The lowest BCUT2D eigenvalue weighted by molar-refractivity contribution is 0.103. The van der Waals surface area contributed by atoms with E-state index in [4.69, 9.17) is 0 Å². The van der Waals surface area contributed by atoms with Crippen LogP contribution in [0.2, 0.25) is 0 Å². The maximum atomic E-state index is 12.1. The molecule has 1 heterocycles. The van der Waals surface area contributed by atoms with E-state index >= 15 is 0 Å². The number of ether oxygens (including phenoxy) is 1. The highest BCUT2D eigenvalue weighted by Crippen LogP contribution is 2.28. The first-order valence-electron chi connectivity index (χ1n) is 6.02. The molecule has 0 bridgehead atoms. The van der Waals surface area contributed by atoms with Crippen LogP contribution >= 0.6 is 27.3 Å². The summed E-state index contributed by atoms with van der Waals surface area (Å²) < 4.78 is 5.46. The quantitative estimate of drug-likeness (QED) is 0.850. The van der Waals surface area contributed by atoms with Crippen molar-refractivity contribution in [2.75, 3.05) is 17.7 Å². The average Bonchev–Trinajstić information content (AvgIpc) is 2.79. The summed E-state index contributed by atoms with van der Waals surface area (Å²) >= 11 is 4.77. The number of hydrogen-bond acceptors (Lipinski definition) is 4. The summed E-state index contributed by atoms with van der Waals surface area (Å²) in [5, 5.41) is 5.33. The predicted octanol–water partition coefficient (Wildman–Crippen LogP) is 4.25. The monoisotopic (exact) mass is 368 g/mol. The molecule has 0 aliphatic carbocycles. The lowest BCUT2D eigenvalue weighted by Gasteiger charge is -2.07. The van der Waals surface area contributed by atoms with Gasteiger partial charge in [-0.05, 0) is 52.7 Å². The predicted molar refractivity (Wildman–Crippen MR) is 87.2 cm³/mol. The summed E-state index contributed by atoms with van der Waals surface area (Å²) in [5.41, 5.74) is 2.16. The van der Waals surface area contributed by atoms with Gasteiger partial charge in [-0.3, -0.25) is 10.1 Å². The van der Waals surface area contributed by atoms with Crippen molar-refractivity contribution in [2.24, 2.45) is 0 Å². The summed E-state index contributed by atoms with van der Waals surface area (Å²) in [6.45, 7) is 1.93. The molecule has 21 heavy (non-hydrogen) atoms. The fourth-order valence-corrected chi connectivity index (χ4v) is 3.04. The second-order valence-corrected chi connectivity index (χ2v) is 6.59. The number of halogens is 1. The molecule has 7 heteroatoms. The van der Waals surface area contributed by atoms with Crippen LogP contribution in [0.15, 0.2) is 34.1 Å². The molecule has 0 spiro atoms. The van der Waals surface area contributed by atoms with Crippen LogP contribution in [0.3, 0.4) is 0 Å². The molecule has 1 aromatic carbocycles. The van der Waals surface area contributed by atoms with Crippen molar-refractivity contribution in [2.45, 2.75) is 6.92 Å². The zero-order chi connectivity index (χ0) is 15.4. The number of carbonyl (C=O) groups excluding carboxylic acids is 2. The van der Waals surface area contributed by atoms with Crippen LogP contribution in [-0.4, -0.2) is 19.1 Å². The summed E-state index contributed by atoms with van der Waals surface area (Å²) in [6.07, 6.45) is -0.559. The van der Waals surface area contributed by atoms with Gasteiger partial charge in [-0.2, -0.15) is 0 Å². The summed E-state index contributed by atoms with van der Waals surface area (Å²) in [6, 6.07) is 8.66. The molecule has 2 N–H and O–H groups in total. The van der Waals surface area contributed by atoms with Crippen molar-refractivity contribution < 1.29 is 14.3 Å². The first-order chi connectivity index (χ1) is 9.99. The third kappa shape index (κ3) is 4.05. The normalized spacial score (nSPS) is 10.0. The SMILES string of the molecule is COC(=O)Nc1cccc(NC(=O)c2cc(C)c(Br)s2)c1. The van der Waals surface area contributed by atoms with E-state index in [0.717, 1.165) is 9.35 Å². The molecule has 1 aromatic heterocycles. The smallest absolute Gasteiger partial charge is 0.411 e. The van der Waals surface area contributed by atoms with E-state index in [0.29, 0.717) is 16.3 Å². The highest BCUT2D eigenvalue weighted by Gasteiger charge is 2.11. The number of amides is 2. The minimum atomic E-state index is -0.559. The molecular weight excluding hydrogens is 356 g/mol. The van der Waals surface area contributed by atoms with Crippen LogP contribution < -0.4 is 10.6 Å². The van der Waals surface area contributed by atoms with Gasteiger partial charge < -0.3 is 10.1 Å². The van der Waals surface area contributed by atoms with Gasteiger partial charge in [0, 0.05) is 11.4 Å². The van der Waals surface area contributed by atoms with Gasteiger partial charge in [0.2, 0.25) is 0 Å². The van der Waals surface area contributed by atoms with Crippen LogP contribution in [-0.2, 0) is 4.74 Å². The second kappa shape index (κ2) is 6.73. The van der Waals surface area contributed by atoms with Crippen LogP contribution in [0.4, 0.5) is 16.2 Å². The number of carbonyl (C=O) groups is 2. The summed E-state index contributed by atoms with van der Waals surface area (Å²) in [5.74, 6) is -0.191. The van der Waals surface area contributed by atoms with Gasteiger partial charge >= 0.3 is 6.09 Å². The first kappa shape index (κ1) is 15.5. The van der Waals surface area contributed by atoms with E-state index in [9.17, 15) is 9.59 Å². The Morgan fingerprint density at radius 2 is 1.86 bits per heavy atom. The van der Waals surface area contributed by atoms with Gasteiger partial charge in [0.1, 0.15) is 0 Å². The van der Waals surface area contributed by atoms with Crippen LogP contribution in [0, 0.1) is 6.92 Å². The lowest BCUT2D eigenvalue weighted by atomic mass is 10.2. The van der Waals surface area contributed by atoms with Crippen molar-refractivity contribution in [3.05, 3.63) is 44.6 Å². The van der Waals surface area contributed by atoms with Gasteiger partial charge in [0.15, 0.2) is 0 Å². The first-order valence-corrected chi connectivity index (χ1v) is 7.63. The number of nitrogens with one attached hydrogen (secondary N) is 2. The molecule has 0 fully saturated rings. The molecule has 2 rings (SSSR count). The third-order valence-corrected chi connectivity index (χ3v) is 4.77. The van der Waals surface area contributed by atoms with E-state index in [1.54, 1.807) is 24.3 Å². The fraction of sp³-hybridized carbons (Fsp3) is 0.143. The zero-order valence-electron chi connectivity index (χ0n) is 11.4. The van der Waals surface area contributed by atoms with Gasteiger partial charge in [0.05, 0.1) is 15.8 Å². The van der Waals surface area contributed by atoms with E-state index < -0.39 is 6.09 Å². The minimum absolute atomic E-state index is 0.191. The Hall–Kier alpha value is -1.86. The van der Waals surface area contributed by atoms with E-state index in [2.05, 4.69) is 31.3 Å². The number of aryl methyl sites for hydroxylation is 1. The largest absolute Gasteiger partial charge is 0.453 e. The zero-order valence-corrected chi connectivity index (χ0v) is 13.8. The number of methoxy groups -OCH3 is 1. The van der Waals surface area contributed by atoms with E-state index in [1.807, 2.05) is 13.0 Å². The highest BCUT2D eigenvalue weighted by molar-refractivity contribution is 9.11. The summed E-state index contributed by atoms with van der Waals surface area (Å²) in [7, 11) is 1.29. The molecule has 2 aromatic rings. The lowest BCUT2D eigenvalue weighted by Crippen LogP contribution is -2.12. The number of thiophene rings is 1. The Bertz CT molecular complexity index is 665. The number of anilines is 2. The molecule has 0 aliphatic rings. The van der Waals surface area contributed by atoms with Crippen molar-refractivity contribution >= 4 is 50.6 Å². The molecule has 110 valence electrons. The van der Waals surface area contributed by atoms with Crippen LogP contribution in [0.5, 0.6) is 0 Å². The topological polar surface area (TPSA) is 67.4 Å². The molecular formula is C14H13BrN2O3S. The Morgan fingerprint density at radius 3 is 2.43 bits per heavy atom. The standard InChI is InChI=1S/C14H13BrN2O3S/c1-8-6-11(21-12(8)15)13(18)16-9-4-3-5-10(7-9)17-14(19)20-2/h3-7H,1-2H3,(H,16,18)(H,17,19). The molecule has 5 nitrogen and oxygen atoms in total. The maximum Gasteiger partial charge on any atom is 0.411 e. The fourth-order valence-electron chi connectivity index (χ4n) is 1.61. The van der Waals surface area contributed by atoms with E-state index in [-0.39, 0.29) is 5.91 Å². The second-order valence-electron chi connectivity index (χ2n) is 4.22. The maximum absolute atomic E-state index is 12.1. The molecule has 0 atom stereocenters. The Kier molecular flexibility index (Phi) is 4.98. The molecule has 0 saturated carbocycles. The Balaban J connectivity index is 2.10. The molecule has 0 aliphatic heterocycles. The van der Waals surface area contributed by atoms with Gasteiger partial charge in [-0.25, -0.2) is 4.79 Å². The van der Waals surface area contributed by atoms with Crippen molar-refractivity contribution in [3.63, 3.8) is 0 Å². The number of hydrogen-bond donors (Lipinski definition) is 2. The van der Waals surface area contributed by atoms with Crippen LogP contribution in [0.25, 0.3) is 0 Å². The highest BCUT2D eigenvalue weighted by atomic mass is 79.9. The van der Waals surface area contributed by atoms with Crippen molar-refractivity contribution in [3.8, 4) is 0 Å².